The first-order valence-electron chi connectivity index (χ1n) is 11.8. The minimum Gasteiger partial charge on any atom is -0.507 e. The largest absolute Gasteiger partial charge is 0.507 e. The van der Waals surface area contributed by atoms with E-state index in [1.807, 2.05) is 48.5 Å². The number of hydrogen-bond donors (Lipinski definition) is 4. The number of nitrogens with one attached hydrogen (secondary N) is 2. The second kappa shape index (κ2) is 10.5. The number of pyridine rings is 1. The number of carbonyl (C=O) groups is 1. The van der Waals surface area contributed by atoms with Gasteiger partial charge in [-0.2, -0.15) is 0 Å². The van der Waals surface area contributed by atoms with E-state index in [0.29, 0.717) is 34.8 Å². The number of phenols is 1. The lowest BCUT2D eigenvalue weighted by Gasteiger charge is -2.16. The molecular weight excluding hydrogens is 468 g/mol. The molecule has 0 aliphatic carbocycles. The first-order chi connectivity index (χ1) is 18.1. The van der Waals surface area contributed by atoms with E-state index in [1.54, 1.807) is 43.6 Å². The lowest BCUT2D eigenvalue weighted by atomic mass is 10.0. The zero-order valence-electron chi connectivity index (χ0n) is 20.2. The van der Waals surface area contributed by atoms with E-state index >= 15 is 0 Å². The highest BCUT2D eigenvalue weighted by molar-refractivity contribution is 5.98. The highest BCUT2D eigenvalue weighted by atomic mass is 16.5. The van der Waals surface area contributed by atoms with Crippen molar-refractivity contribution in [3.8, 4) is 34.1 Å². The first kappa shape index (κ1) is 24.0. The Hall–Kier alpha value is -4.69. The van der Waals surface area contributed by atoms with Crippen LogP contribution in [0.15, 0.2) is 85.1 Å². The lowest BCUT2D eigenvalue weighted by Crippen LogP contribution is -2.39. The summed E-state index contributed by atoms with van der Waals surface area (Å²) in [6.45, 7) is -0.174. The normalized spacial score (nSPS) is 11.8. The third-order valence-corrected chi connectivity index (χ3v) is 6.15. The van der Waals surface area contributed by atoms with Crippen LogP contribution in [0, 0.1) is 0 Å². The summed E-state index contributed by atoms with van der Waals surface area (Å²) in [5, 5.41) is 23.3. The number of aromatic hydroxyl groups is 1. The predicted molar refractivity (Wildman–Crippen MR) is 141 cm³/mol. The maximum absolute atomic E-state index is 12.9. The van der Waals surface area contributed by atoms with E-state index in [9.17, 15) is 15.0 Å². The summed E-state index contributed by atoms with van der Waals surface area (Å²) >= 11 is 0. The maximum Gasteiger partial charge on any atom is 0.251 e. The van der Waals surface area contributed by atoms with Gasteiger partial charge in [0.2, 0.25) is 5.88 Å². The van der Waals surface area contributed by atoms with Crippen molar-refractivity contribution in [3.05, 3.63) is 96.2 Å². The van der Waals surface area contributed by atoms with E-state index in [2.05, 4.69) is 20.3 Å². The van der Waals surface area contributed by atoms with Crippen LogP contribution < -0.4 is 10.1 Å². The summed E-state index contributed by atoms with van der Waals surface area (Å²) in [5.74, 6) is 0.713. The molecule has 5 rings (SSSR count). The molecule has 2 heterocycles. The Morgan fingerprint density at radius 1 is 1.03 bits per heavy atom. The molecule has 8 heteroatoms. The van der Waals surface area contributed by atoms with Crippen molar-refractivity contribution >= 4 is 16.9 Å². The van der Waals surface area contributed by atoms with Crippen LogP contribution in [0.1, 0.15) is 15.9 Å². The fraction of sp³-hybridized carbons (Fsp3) is 0.138. The quantitative estimate of drug-likeness (QED) is 0.255. The molecule has 0 aliphatic heterocycles. The van der Waals surface area contributed by atoms with Gasteiger partial charge in [0, 0.05) is 17.3 Å². The van der Waals surface area contributed by atoms with Crippen LogP contribution in [0.2, 0.25) is 0 Å². The smallest absolute Gasteiger partial charge is 0.251 e. The van der Waals surface area contributed by atoms with Crippen LogP contribution in [-0.2, 0) is 6.42 Å². The number of phenolic OH excluding ortho intramolecular Hbond substituents is 1. The number of amides is 1. The van der Waals surface area contributed by atoms with Gasteiger partial charge in [-0.25, -0.2) is 9.97 Å². The maximum atomic E-state index is 12.9. The van der Waals surface area contributed by atoms with Crippen LogP contribution >= 0.6 is 0 Å². The molecule has 2 aromatic heterocycles. The molecule has 1 amide bonds. The molecule has 0 unspecified atom stereocenters. The molecule has 1 atom stereocenters. The molecule has 0 saturated heterocycles. The zero-order valence-corrected chi connectivity index (χ0v) is 20.2. The van der Waals surface area contributed by atoms with Gasteiger partial charge in [-0.05, 0) is 60.0 Å². The van der Waals surface area contributed by atoms with Crippen molar-refractivity contribution in [3.63, 3.8) is 0 Å². The fourth-order valence-corrected chi connectivity index (χ4v) is 4.27. The van der Waals surface area contributed by atoms with Crippen molar-refractivity contribution in [2.45, 2.75) is 12.5 Å². The number of nitrogens with zero attached hydrogens (tertiary/aromatic N) is 2. The molecule has 5 aromatic rings. The predicted octanol–water partition coefficient (Wildman–Crippen LogP) is 4.34. The Kier molecular flexibility index (Phi) is 6.83. The van der Waals surface area contributed by atoms with Crippen molar-refractivity contribution in [2.24, 2.45) is 0 Å². The second-order valence-corrected chi connectivity index (χ2v) is 8.65. The Labute approximate surface area is 213 Å². The number of rotatable bonds is 8. The highest BCUT2D eigenvalue weighted by Crippen LogP contribution is 2.35. The van der Waals surface area contributed by atoms with E-state index in [0.717, 1.165) is 22.2 Å². The Morgan fingerprint density at radius 3 is 2.65 bits per heavy atom. The average Bonchev–Trinajstić information content (AvgIpc) is 3.36. The number of aromatic amines is 1. The Bertz CT molecular complexity index is 1550. The van der Waals surface area contributed by atoms with E-state index in [-0.39, 0.29) is 18.3 Å². The monoisotopic (exact) mass is 494 g/mol. The lowest BCUT2D eigenvalue weighted by molar-refractivity contribution is 0.0916. The summed E-state index contributed by atoms with van der Waals surface area (Å²) in [6.07, 6.45) is 2.18. The molecule has 0 radical (unpaired) electrons. The van der Waals surface area contributed by atoms with E-state index in [4.69, 9.17) is 4.74 Å². The summed E-state index contributed by atoms with van der Waals surface area (Å²) < 4.78 is 5.38. The van der Waals surface area contributed by atoms with E-state index in [1.165, 1.54) is 0 Å². The topological polar surface area (TPSA) is 120 Å². The van der Waals surface area contributed by atoms with Gasteiger partial charge in [-0.1, -0.05) is 36.4 Å². The number of methoxy groups -OCH3 is 1. The van der Waals surface area contributed by atoms with Gasteiger partial charge >= 0.3 is 0 Å². The Morgan fingerprint density at radius 2 is 1.86 bits per heavy atom. The van der Waals surface area contributed by atoms with Crippen molar-refractivity contribution in [1.29, 1.82) is 0 Å². The van der Waals surface area contributed by atoms with Gasteiger partial charge in [0.15, 0.2) is 0 Å². The number of imidazole rings is 1. The third-order valence-electron chi connectivity index (χ3n) is 6.15. The summed E-state index contributed by atoms with van der Waals surface area (Å²) in [7, 11) is 1.56. The summed E-state index contributed by atoms with van der Waals surface area (Å²) in [5.41, 5.74) is 4.86. The molecular formula is C29H26N4O4. The van der Waals surface area contributed by atoms with Gasteiger partial charge in [-0.3, -0.25) is 4.79 Å². The molecule has 0 bridgehead atoms. The van der Waals surface area contributed by atoms with Crippen LogP contribution in [0.25, 0.3) is 33.5 Å². The third kappa shape index (κ3) is 5.14. The van der Waals surface area contributed by atoms with E-state index < -0.39 is 6.04 Å². The van der Waals surface area contributed by atoms with Gasteiger partial charge in [0.25, 0.3) is 5.91 Å². The van der Waals surface area contributed by atoms with Crippen molar-refractivity contribution < 1.29 is 19.7 Å². The number of fused-ring (bicyclic) bond motifs is 1. The molecule has 3 aromatic carbocycles. The van der Waals surface area contributed by atoms with Crippen LogP contribution in [0.4, 0.5) is 0 Å². The van der Waals surface area contributed by atoms with Crippen LogP contribution in [0.5, 0.6) is 11.6 Å². The number of ether oxygens (including phenoxy) is 1. The van der Waals surface area contributed by atoms with Gasteiger partial charge < -0.3 is 25.3 Å². The van der Waals surface area contributed by atoms with Crippen LogP contribution in [0.3, 0.4) is 0 Å². The summed E-state index contributed by atoms with van der Waals surface area (Å²) in [4.78, 5) is 25.0. The number of aromatic nitrogens is 3. The van der Waals surface area contributed by atoms with Gasteiger partial charge in [0.05, 0.1) is 36.4 Å². The molecule has 186 valence electrons. The van der Waals surface area contributed by atoms with Crippen molar-refractivity contribution in [2.75, 3.05) is 13.7 Å². The minimum absolute atomic E-state index is 0.0651. The fourth-order valence-electron chi connectivity index (χ4n) is 4.27. The minimum atomic E-state index is -0.413. The van der Waals surface area contributed by atoms with Gasteiger partial charge in [-0.15, -0.1) is 0 Å². The van der Waals surface area contributed by atoms with Crippen molar-refractivity contribution in [1.82, 2.24) is 20.3 Å². The van der Waals surface area contributed by atoms with Crippen LogP contribution in [-0.4, -0.2) is 50.8 Å². The molecule has 37 heavy (non-hydrogen) atoms. The molecule has 8 nitrogen and oxygen atoms in total. The molecule has 4 N–H and O–H groups in total. The van der Waals surface area contributed by atoms with Gasteiger partial charge in [0.1, 0.15) is 11.6 Å². The molecule has 0 saturated carbocycles. The Balaban J connectivity index is 1.41. The number of carbonyl (C=O) groups excluding carboxylic acids is 1. The molecule has 0 fully saturated rings. The molecule has 0 aliphatic rings. The second-order valence-electron chi connectivity index (χ2n) is 8.65. The standard InChI is InChI=1S/C29H26N4O4/c1-37-29-22(8-5-13-30-29)19-10-12-26(35)23(15-19)27-32-24-11-9-20(16-25(24)33-27)28(36)31-21(17-34)14-18-6-3-2-4-7-18/h2-13,15-16,21,34-35H,14,17H2,1H3,(H,31,36)(H,32,33)/t21-/m1/s1. The zero-order chi connectivity index (χ0) is 25.8. The average molecular weight is 495 g/mol. The number of aliphatic hydroxyl groups excluding tert-OH is 1. The summed E-state index contributed by atoms with van der Waals surface area (Å²) in [6, 6.07) is 23.4. The number of aliphatic hydroxyl groups is 1. The first-order valence-corrected chi connectivity index (χ1v) is 11.8. The number of benzene rings is 3. The SMILES string of the molecule is COc1ncccc1-c1ccc(O)c(-c2nc3cc(C(=O)N[C@@H](CO)Cc4ccccc4)ccc3[nH]2)c1. The molecule has 0 spiro atoms. The highest BCUT2D eigenvalue weighted by Gasteiger charge is 2.17. The number of H-pyrrole nitrogens is 1. The number of hydrogen-bond acceptors (Lipinski definition) is 6.